The molecule has 0 aliphatic carbocycles. The summed E-state index contributed by atoms with van der Waals surface area (Å²) in [5.41, 5.74) is 3.61. The van der Waals surface area contributed by atoms with Crippen LogP contribution in [-0.2, 0) is 49.5 Å². The molecule has 4 heterocycles. The van der Waals surface area contributed by atoms with Gasteiger partial charge in [0.15, 0.2) is 17.2 Å². The second-order valence-electron chi connectivity index (χ2n) is 19.1. The van der Waals surface area contributed by atoms with Gasteiger partial charge in [0.25, 0.3) is 17.7 Å². The van der Waals surface area contributed by atoms with Crippen molar-refractivity contribution in [3.05, 3.63) is 89.5 Å². The first-order valence-corrected chi connectivity index (χ1v) is 26.9. The Labute approximate surface area is 476 Å². The quantitative estimate of drug-likeness (QED) is 0.0218. The van der Waals surface area contributed by atoms with E-state index in [9.17, 15) is 43.5 Å². The molecule has 1 unspecified atom stereocenters. The number of aliphatic hydroxyl groups is 1. The first-order chi connectivity index (χ1) is 39.5. The Hall–Kier alpha value is -8.30. The minimum absolute atomic E-state index is 0.00727. The number of hydrogen-bond acceptors (Lipinski definition) is 18. The van der Waals surface area contributed by atoms with E-state index in [0.717, 1.165) is 15.8 Å². The number of aryl methyl sites for hydroxylation is 1. The molecule has 27 heteroatoms. The number of fused-ring (bicyclic) bond motifs is 4. The molecule has 3 aromatic carbocycles. The van der Waals surface area contributed by atoms with Gasteiger partial charge in [0.2, 0.25) is 11.8 Å². The second kappa shape index (κ2) is 29.4. The standard InChI is InChI=1S/C55H66ClN9O17/c1-32(2)47(62-54(73)79-25-23-77-20-17-64-44(67)12-13-45(64)68)51(70)58-33(3)50(69)60-38-8-6-35(7-9-38)31-80-53(72)57-14-15-63(16-19-76-21-18-66)55(74)82-43-28-42-46(48-49(43)81-34(4)59-48)37(29-56)30-65(42)52(71)41-27-36-26-39(78-24-22-75-5)10-11-40(36)61-41/h6-13,26-28,32-33,37,47,61,66H,14-25,29-31H2,1-5H3,(H,57,72)(H,58,70)(H,60,69)(H,62,73)/t33-,37?,47-/m0/s1. The number of H-pyrrole nitrogens is 1. The number of carbonyl (C=O) groups is 8. The molecule has 0 bridgehead atoms. The average Bonchev–Trinajstić information content (AvgIpc) is 4.43. The van der Waals surface area contributed by atoms with Gasteiger partial charge in [-0.05, 0) is 54.8 Å². The highest BCUT2D eigenvalue weighted by molar-refractivity contribution is 6.19. The van der Waals surface area contributed by atoms with Crippen LogP contribution < -0.4 is 35.6 Å². The number of imide groups is 1. The zero-order valence-electron chi connectivity index (χ0n) is 45.9. The molecule has 5 aromatic rings. The molecular weight excluding hydrogens is 1090 g/mol. The topological polar surface area (TPSA) is 321 Å². The van der Waals surface area contributed by atoms with E-state index in [-0.39, 0.29) is 120 Å². The molecule has 26 nitrogen and oxygen atoms in total. The Morgan fingerprint density at radius 3 is 2.34 bits per heavy atom. The number of amides is 8. The second-order valence-corrected chi connectivity index (χ2v) is 19.5. The molecule has 2 aliphatic rings. The van der Waals surface area contributed by atoms with Crippen molar-refractivity contribution in [2.45, 2.75) is 52.3 Å². The van der Waals surface area contributed by atoms with Crippen LogP contribution in [0.5, 0.6) is 11.5 Å². The predicted octanol–water partition coefficient (Wildman–Crippen LogP) is 4.50. The number of anilines is 2. The molecule has 2 aliphatic heterocycles. The fourth-order valence-corrected chi connectivity index (χ4v) is 8.95. The zero-order valence-corrected chi connectivity index (χ0v) is 46.7. The van der Waals surface area contributed by atoms with Crippen molar-refractivity contribution in [1.82, 2.24) is 35.7 Å². The molecule has 7 rings (SSSR count). The van der Waals surface area contributed by atoms with E-state index in [0.29, 0.717) is 52.7 Å². The van der Waals surface area contributed by atoms with Gasteiger partial charge in [0.1, 0.15) is 48.9 Å². The SMILES string of the molecule is COCCOc1ccc2[nH]c(C(=O)N3CC(CCl)c4c3cc(OC(=O)N(CCNC(=O)OCc3ccc(NC(=O)[C@H](C)NC(=O)[C@@H](NC(=O)OCCOCCN5C(=O)C=CC5=O)C(C)C)cc3)CCOCCO)c3oc(C)nc43)cc2c1. The Morgan fingerprint density at radius 1 is 0.866 bits per heavy atom. The first kappa shape index (κ1) is 61.3. The van der Waals surface area contributed by atoms with Crippen molar-refractivity contribution in [1.29, 1.82) is 0 Å². The van der Waals surface area contributed by atoms with Crippen molar-refractivity contribution < 1.29 is 81.0 Å². The number of nitrogens with zero attached hydrogens (tertiary/aromatic N) is 4. The number of methoxy groups -OCH3 is 1. The number of halogens is 1. The maximum absolute atomic E-state index is 14.3. The smallest absolute Gasteiger partial charge is 0.415 e. The van der Waals surface area contributed by atoms with Crippen LogP contribution in [0.1, 0.15) is 54.2 Å². The van der Waals surface area contributed by atoms with Gasteiger partial charge in [-0.2, -0.15) is 0 Å². The lowest BCUT2D eigenvalue weighted by atomic mass is 10.0. The van der Waals surface area contributed by atoms with Crippen molar-refractivity contribution >= 4 is 92.8 Å². The summed E-state index contributed by atoms with van der Waals surface area (Å²) < 4.78 is 44.1. The minimum atomic E-state index is -1.05. The maximum Gasteiger partial charge on any atom is 0.415 e. The fraction of sp³-hybridized carbons (Fsp3) is 0.436. The summed E-state index contributed by atoms with van der Waals surface area (Å²) in [6, 6.07) is 13.0. The van der Waals surface area contributed by atoms with Gasteiger partial charge in [-0.25, -0.2) is 19.4 Å². The van der Waals surface area contributed by atoms with Crippen LogP contribution in [-0.4, -0.2) is 183 Å². The number of nitrogens with one attached hydrogen (secondary N) is 5. The van der Waals surface area contributed by atoms with Crippen LogP contribution in [0.4, 0.5) is 25.8 Å². The Bertz CT molecular complexity index is 3110. The minimum Gasteiger partial charge on any atom is -0.491 e. The zero-order chi connectivity index (χ0) is 58.9. The summed E-state index contributed by atoms with van der Waals surface area (Å²) in [5, 5.41) is 20.5. The molecule has 0 radical (unpaired) electrons. The number of alkyl carbamates (subject to hydrolysis) is 2. The molecular formula is C55H66ClN9O17. The lowest BCUT2D eigenvalue weighted by Gasteiger charge is -2.23. The van der Waals surface area contributed by atoms with Gasteiger partial charge < -0.3 is 78.7 Å². The average molecular weight is 1160 g/mol. The van der Waals surface area contributed by atoms with Crippen LogP contribution in [0, 0.1) is 12.8 Å². The van der Waals surface area contributed by atoms with Crippen molar-refractivity contribution in [2.75, 3.05) is 109 Å². The van der Waals surface area contributed by atoms with E-state index in [4.69, 9.17) is 49.2 Å². The summed E-state index contributed by atoms with van der Waals surface area (Å²) >= 11 is 6.51. The van der Waals surface area contributed by atoms with Gasteiger partial charge in [-0.15, -0.1) is 11.6 Å². The normalized spacial score (nSPS) is 14.5. The third-order valence-corrected chi connectivity index (χ3v) is 13.3. The summed E-state index contributed by atoms with van der Waals surface area (Å²) in [6.07, 6.45) is -0.201. The molecule has 8 amide bonds. The number of oxazole rings is 1. The maximum atomic E-state index is 14.3. The highest BCUT2D eigenvalue weighted by Gasteiger charge is 2.38. The summed E-state index contributed by atoms with van der Waals surface area (Å²) in [4.78, 5) is 115. The Morgan fingerprint density at radius 2 is 1.62 bits per heavy atom. The lowest BCUT2D eigenvalue weighted by molar-refractivity contribution is -0.137. The number of aromatic amines is 1. The van der Waals surface area contributed by atoms with Gasteiger partial charge in [-0.3, -0.25) is 28.9 Å². The van der Waals surface area contributed by atoms with E-state index in [1.165, 1.54) is 24.0 Å². The number of alkyl halides is 1. The Kier molecular flexibility index (Phi) is 22.0. The van der Waals surface area contributed by atoms with Crippen molar-refractivity contribution in [2.24, 2.45) is 5.92 Å². The highest BCUT2D eigenvalue weighted by Crippen LogP contribution is 2.46. The van der Waals surface area contributed by atoms with Gasteiger partial charge in [0.05, 0.1) is 51.9 Å². The van der Waals surface area contributed by atoms with Crippen molar-refractivity contribution in [3.63, 3.8) is 0 Å². The Balaban J connectivity index is 0.885. The van der Waals surface area contributed by atoms with Gasteiger partial charge in [-0.1, -0.05) is 26.0 Å². The number of rotatable bonds is 29. The number of aliphatic hydroxyl groups excluding tert-OH is 1. The number of carbonyl (C=O) groups excluding carboxylic acids is 8. The number of ether oxygens (including phenoxy) is 7. The molecule has 6 N–H and O–H groups in total. The summed E-state index contributed by atoms with van der Waals surface area (Å²) in [5.74, 6) is -2.10. The number of benzene rings is 3. The van der Waals surface area contributed by atoms with Crippen LogP contribution in [0.3, 0.4) is 0 Å². The third-order valence-electron chi connectivity index (χ3n) is 12.9. The predicted molar refractivity (Wildman–Crippen MR) is 296 cm³/mol. The van der Waals surface area contributed by atoms with Crippen LogP contribution >= 0.6 is 11.6 Å². The third kappa shape index (κ3) is 16.2. The van der Waals surface area contributed by atoms with Crippen LogP contribution in [0.25, 0.3) is 22.0 Å². The molecule has 440 valence electrons. The van der Waals surface area contributed by atoms with E-state index in [1.807, 2.05) is 12.1 Å². The van der Waals surface area contributed by atoms with Crippen LogP contribution in [0.2, 0.25) is 0 Å². The van der Waals surface area contributed by atoms with Gasteiger partial charge >= 0.3 is 18.3 Å². The largest absolute Gasteiger partial charge is 0.491 e. The van der Waals surface area contributed by atoms with Crippen molar-refractivity contribution in [3.8, 4) is 11.5 Å². The highest BCUT2D eigenvalue weighted by atomic mass is 35.5. The number of aromatic nitrogens is 2. The molecule has 2 aromatic heterocycles. The number of hydrogen-bond donors (Lipinski definition) is 6. The fourth-order valence-electron chi connectivity index (χ4n) is 8.70. The monoisotopic (exact) mass is 1160 g/mol. The van der Waals surface area contributed by atoms with E-state index >= 15 is 0 Å². The molecule has 0 fully saturated rings. The van der Waals surface area contributed by atoms with E-state index in [2.05, 4.69) is 31.2 Å². The van der Waals surface area contributed by atoms with E-state index in [1.54, 1.807) is 75.2 Å². The summed E-state index contributed by atoms with van der Waals surface area (Å²) in [6.45, 7) is 6.86. The molecule has 3 atom stereocenters. The van der Waals surface area contributed by atoms with Crippen LogP contribution in [0.15, 0.2) is 71.2 Å². The molecule has 0 saturated heterocycles. The molecule has 82 heavy (non-hydrogen) atoms. The van der Waals surface area contributed by atoms with Gasteiger partial charge in [0, 0.05) is 92.4 Å². The first-order valence-electron chi connectivity index (χ1n) is 26.4. The molecule has 0 spiro atoms. The van der Waals surface area contributed by atoms with E-state index < -0.39 is 54.0 Å². The molecule has 0 saturated carbocycles. The lowest BCUT2D eigenvalue weighted by Crippen LogP contribution is -2.53. The summed E-state index contributed by atoms with van der Waals surface area (Å²) in [7, 11) is 1.59.